The zero-order valence-corrected chi connectivity index (χ0v) is 15.6. The van der Waals surface area contributed by atoms with Crippen molar-refractivity contribution in [3.05, 3.63) is 76.9 Å². The number of nitrogens with one attached hydrogen (secondary N) is 1. The molecular formula is C21H22FN3O2. The van der Waals surface area contributed by atoms with Crippen molar-refractivity contribution in [2.45, 2.75) is 27.3 Å². The molecule has 0 saturated carbocycles. The number of rotatable bonds is 6. The van der Waals surface area contributed by atoms with E-state index in [0.717, 1.165) is 22.7 Å². The number of carbonyl (C=O) groups is 1. The lowest BCUT2D eigenvalue weighted by atomic mass is 10.2. The van der Waals surface area contributed by atoms with Crippen molar-refractivity contribution in [3.8, 4) is 5.75 Å². The monoisotopic (exact) mass is 367 g/mol. The van der Waals surface area contributed by atoms with E-state index in [0.29, 0.717) is 24.4 Å². The molecule has 0 aliphatic rings. The number of hydrogen-bond acceptors (Lipinski definition) is 3. The Hall–Kier alpha value is -3.15. The molecule has 1 N–H and O–H groups in total. The number of benzene rings is 2. The normalized spacial score (nSPS) is 10.7. The Morgan fingerprint density at radius 3 is 2.41 bits per heavy atom. The molecule has 1 heterocycles. The Morgan fingerprint density at radius 2 is 1.78 bits per heavy atom. The van der Waals surface area contributed by atoms with Crippen LogP contribution in [0.1, 0.15) is 34.2 Å². The number of hydrogen-bond donors (Lipinski definition) is 1. The lowest BCUT2D eigenvalue weighted by Crippen LogP contribution is -2.13. The molecule has 0 saturated heterocycles. The van der Waals surface area contributed by atoms with Crippen LogP contribution in [0.3, 0.4) is 0 Å². The highest BCUT2D eigenvalue weighted by Gasteiger charge is 2.15. The molecule has 0 aliphatic heterocycles. The van der Waals surface area contributed by atoms with Crippen LogP contribution in [0.15, 0.2) is 48.5 Å². The van der Waals surface area contributed by atoms with E-state index < -0.39 is 0 Å². The number of ether oxygens (including phenoxy) is 1. The van der Waals surface area contributed by atoms with Crippen LogP contribution in [0.4, 0.5) is 10.1 Å². The van der Waals surface area contributed by atoms with Crippen LogP contribution in [0.5, 0.6) is 5.75 Å². The lowest BCUT2D eigenvalue weighted by Gasteiger charge is -2.08. The average Bonchev–Trinajstić information content (AvgIpc) is 2.92. The number of amides is 1. The van der Waals surface area contributed by atoms with Gasteiger partial charge in [-0.15, -0.1) is 0 Å². The molecule has 3 aromatic rings. The van der Waals surface area contributed by atoms with Gasteiger partial charge < -0.3 is 10.1 Å². The van der Waals surface area contributed by atoms with Crippen LogP contribution in [-0.4, -0.2) is 22.3 Å². The van der Waals surface area contributed by atoms with Gasteiger partial charge in [0, 0.05) is 5.56 Å². The molecule has 0 unspecified atom stereocenters. The second-order valence-corrected chi connectivity index (χ2v) is 6.24. The van der Waals surface area contributed by atoms with Crippen LogP contribution in [-0.2, 0) is 6.54 Å². The van der Waals surface area contributed by atoms with Crippen LogP contribution < -0.4 is 10.1 Å². The van der Waals surface area contributed by atoms with Gasteiger partial charge in [-0.1, -0.05) is 12.1 Å². The molecule has 140 valence electrons. The molecule has 1 amide bonds. The van der Waals surface area contributed by atoms with Crippen molar-refractivity contribution < 1.29 is 13.9 Å². The zero-order valence-electron chi connectivity index (χ0n) is 15.6. The standard InChI is InChI=1S/C21H22FN3O2/c1-4-27-19-11-7-17(8-12-19)21(26)23-20-14(2)24-25(15(20)3)13-16-5-9-18(22)10-6-16/h5-12H,4,13H2,1-3H3,(H,23,26). The maximum absolute atomic E-state index is 13.1. The molecule has 0 radical (unpaired) electrons. The highest BCUT2D eigenvalue weighted by molar-refractivity contribution is 6.04. The smallest absolute Gasteiger partial charge is 0.255 e. The van der Waals surface area contributed by atoms with Gasteiger partial charge in [0.1, 0.15) is 11.6 Å². The molecule has 0 atom stereocenters. The van der Waals surface area contributed by atoms with Gasteiger partial charge in [-0.05, 0) is 62.7 Å². The number of aryl methyl sites for hydroxylation is 1. The van der Waals surface area contributed by atoms with E-state index in [1.807, 2.05) is 20.8 Å². The first-order chi connectivity index (χ1) is 13.0. The van der Waals surface area contributed by atoms with Gasteiger partial charge in [0.15, 0.2) is 0 Å². The first kappa shape index (κ1) is 18.6. The van der Waals surface area contributed by atoms with Crippen molar-refractivity contribution in [1.29, 1.82) is 0 Å². The van der Waals surface area contributed by atoms with E-state index in [4.69, 9.17) is 4.74 Å². The van der Waals surface area contributed by atoms with Gasteiger partial charge in [-0.25, -0.2) is 4.39 Å². The van der Waals surface area contributed by atoms with E-state index in [1.54, 1.807) is 41.1 Å². The second-order valence-electron chi connectivity index (χ2n) is 6.24. The molecule has 0 bridgehead atoms. The van der Waals surface area contributed by atoms with Crippen molar-refractivity contribution in [2.24, 2.45) is 0 Å². The zero-order chi connectivity index (χ0) is 19.4. The summed E-state index contributed by atoms with van der Waals surface area (Å²) in [7, 11) is 0. The minimum atomic E-state index is -0.268. The van der Waals surface area contributed by atoms with E-state index in [-0.39, 0.29) is 11.7 Å². The molecule has 0 spiro atoms. The van der Waals surface area contributed by atoms with E-state index in [9.17, 15) is 9.18 Å². The summed E-state index contributed by atoms with van der Waals surface area (Å²) in [5.41, 5.74) is 3.75. The number of carbonyl (C=O) groups excluding carboxylic acids is 1. The molecule has 1 aromatic heterocycles. The van der Waals surface area contributed by atoms with Crippen LogP contribution >= 0.6 is 0 Å². The topological polar surface area (TPSA) is 56.1 Å². The molecule has 6 heteroatoms. The van der Waals surface area contributed by atoms with Crippen LogP contribution in [0, 0.1) is 19.7 Å². The average molecular weight is 367 g/mol. The third-order valence-electron chi connectivity index (χ3n) is 4.29. The van der Waals surface area contributed by atoms with Crippen molar-refractivity contribution in [2.75, 3.05) is 11.9 Å². The molecule has 0 aliphatic carbocycles. The number of anilines is 1. The van der Waals surface area contributed by atoms with Gasteiger partial charge in [0.05, 0.1) is 30.2 Å². The van der Waals surface area contributed by atoms with Gasteiger partial charge >= 0.3 is 0 Å². The minimum absolute atomic E-state index is 0.203. The molecule has 5 nitrogen and oxygen atoms in total. The molecule has 27 heavy (non-hydrogen) atoms. The second kappa shape index (κ2) is 8.03. The predicted molar refractivity (Wildman–Crippen MR) is 103 cm³/mol. The maximum atomic E-state index is 13.1. The number of nitrogens with zero attached hydrogens (tertiary/aromatic N) is 2. The predicted octanol–water partition coefficient (Wildman–Crippen LogP) is 4.34. The van der Waals surface area contributed by atoms with Crippen molar-refractivity contribution in [1.82, 2.24) is 9.78 Å². The first-order valence-corrected chi connectivity index (χ1v) is 8.80. The van der Waals surface area contributed by atoms with Crippen molar-refractivity contribution in [3.63, 3.8) is 0 Å². The Labute approximate surface area is 157 Å². The largest absolute Gasteiger partial charge is 0.494 e. The Morgan fingerprint density at radius 1 is 1.11 bits per heavy atom. The summed E-state index contributed by atoms with van der Waals surface area (Å²) in [5, 5.41) is 7.44. The Balaban J connectivity index is 1.75. The highest BCUT2D eigenvalue weighted by Crippen LogP contribution is 2.22. The summed E-state index contributed by atoms with van der Waals surface area (Å²) >= 11 is 0. The summed E-state index contributed by atoms with van der Waals surface area (Å²) in [5.74, 6) is 0.259. The minimum Gasteiger partial charge on any atom is -0.494 e. The van der Waals surface area contributed by atoms with Crippen LogP contribution in [0.2, 0.25) is 0 Å². The molecular weight excluding hydrogens is 345 g/mol. The van der Waals surface area contributed by atoms with E-state index in [1.165, 1.54) is 12.1 Å². The van der Waals surface area contributed by atoms with E-state index >= 15 is 0 Å². The fourth-order valence-electron chi connectivity index (χ4n) is 2.85. The van der Waals surface area contributed by atoms with E-state index in [2.05, 4.69) is 10.4 Å². The van der Waals surface area contributed by atoms with Gasteiger partial charge in [-0.3, -0.25) is 9.48 Å². The molecule has 3 rings (SSSR count). The fourth-order valence-corrected chi connectivity index (χ4v) is 2.85. The molecule has 2 aromatic carbocycles. The summed E-state index contributed by atoms with van der Waals surface area (Å²) in [6, 6.07) is 13.3. The summed E-state index contributed by atoms with van der Waals surface area (Å²) < 4.78 is 20.3. The van der Waals surface area contributed by atoms with Crippen molar-refractivity contribution >= 4 is 11.6 Å². The van der Waals surface area contributed by atoms with Gasteiger partial charge in [0.25, 0.3) is 5.91 Å². The molecule has 0 fully saturated rings. The summed E-state index contributed by atoms with van der Waals surface area (Å²) in [4.78, 5) is 12.6. The quantitative estimate of drug-likeness (QED) is 0.705. The maximum Gasteiger partial charge on any atom is 0.255 e. The summed E-state index contributed by atoms with van der Waals surface area (Å²) in [6.45, 7) is 6.75. The first-order valence-electron chi connectivity index (χ1n) is 8.80. The third-order valence-corrected chi connectivity index (χ3v) is 4.29. The van der Waals surface area contributed by atoms with Crippen LogP contribution in [0.25, 0.3) is 0 Å². The fraction of sp³-hybridized carbons (Fsp3) is 0.238. The van der Waals surface area contributed by atoms with Gasteiger partial charge in [-0.2, -0.15) is 5.10 Å². The number of halogens is 1. The summed E-state index contributed by atoms with van der Waals surface area (Å²) in [6.07, 6.45) is 0. The lowest BCUT2D eigenvalue weighted by molar-refractivity contribution is 0.102. The SMILES string of the molecule is CCOc1ccc(C(=O)Nc2c(C)nn(Cc3ccc(F)cc3)c2C)cc1. The number of aromatic nitrogens is 2. The highest BCUT2D eigenvalue weighted by atomic mass is 19.1. The Kier molecular flexibility index (Phi) is 5.54. The van der Waals surface area contributed by atoms with Gasteiger partial charge in [0.2, 0.25) is 0 Å². The third kappa shape index (κ3) is 4.34. The Bertz CT molecular complexity index is 931.